The number of ether oxygens (including phenoxy) is 2. The summed E-state index contributed by atoms with van der Waals surface area (Å²) in [4.78, 5) is 71.5. The number of hydrogen-bond acceptors (Lipinski definition) is 9. The SMILES string of the molecule is COC(=O)NC(C(=O)N1CCN(CC(F)(F)F)C[C@H]1c1ncc(-c2ccc(C#Cc3ccc(-c4cnc([C@@H]5CCCN5C(=O)[C@@H](NC(=O)OC)C(C)C)[nH]4)cc3)cc2)[nH]1)C(C)C. The number of likely N-dealkylation sites (tertiary alicyclic amines) is 1. The molecular formula is C44H52F3N9O6. The molecule has 0 radical (unpaired) electrons. The van der Waals surface area contributed by atoms with Crippen LogP contribution in [0.25, 0.3) is 22.5 Å². The van der Waals surface area contributed by atoms with Crippen molar-refractivity contribution in [3.8, 4) is 34.4 Å². The molecule has 0 aliphatic carbocycles. The van der Waals surface area contributed by atoms with E-state index in [1.807, 2.05) is 62.4 Å². The van der Waals surface area contributed by atoms with Gasteiger partial charge in [-0.2, -0.15) is 13.2 Å². The van der Waals surface area contributed by atoms with Crippen LogP contribution in [0, 0.1) is 23.7 Å². The number of imidazole rings is 2. The summed E-state index contributed by atoms with van der Waals surface area (Å²) in [6.07, 6.45) is -0.982. The Morgan fingerprint density at radius 2 is 1.18 bits per heavy atom. The largest absolute Gasteiger partial charge is 0.453 e. The molecule has 4 atom stereocenters. The molecule has 15 nitrogen and oxygen atoms in total. The number of methoxy groups -OCH3 is 2. The number of halogens is 3. The zero-order valence-corrected chi connectivity index (χ0v) is 35.5. The summed E-state index contributed by atoms with van der Waals surface area (Å²) >= 11 is 0. The average molecular weight is 860 g/mol. The molecule has 2 aromatic heterocycles. The molecule has 6 rings (SSSR count). The lowest BCUT2D eigenvalue weighted by molar-refractivity contribution is -0.157. The minimum Gasteiger partial charge on any atom is -0.453 e. The highest BCUT2D eigenvalue weighted by Crippen LogP contribution is 2.33. The van der Waals surface area contributed by atoms with E-state index in [4.69, 9.17) is 9.47 Å². The number of carbonyl (C=O) groups is 4. The Kier molecular flexibility index (Phi) is 14.3. The minimum atomic E-state index is -4.42. The fourth-order valence-corrected chi connectivity index (χ4v) is 7.72. The van der Waals surface area contributed by atoms with Crippen LogP contribution in [0.1, 0.15) is 75.4 Å². The first-order valence-corrected chi connectivity index (χ1v) is 20.5. The van der Waals surface area contributed by atoms with Crippen LogP contribution >= 0.6 is 0 Å². The van der Waals surface area contributed by atoms with Crippen molar-refractivity contribution in [2.75, 3.05) is 46.9 Å². The Balaban J connectivity index is 1.12. The van der Waals surface area contributed by atoms with Gasteiger partial charge in [0.2, 0.25) is 11.8 Å². The number of nitrogens with zero attached hydrogens (tertiary/aromatic N) is 5. The molecule has 0 saturated carbocycles. The van der Waals surface area contributed by atoms with Crippen molar-refractivity contribution in [1.29, 1.82) is 0 Å². The van der Waals surface area contributed by atoms with E-state index in [0.29, 0.717) is 23.9 Å². The predicted octanol–water partition coefficient (Wildman–Crippen LogP) is 6.04. The van der Waals surface area contributed by atoms with Gasteiger partial charge in [0.05, 0.1) is 50.6 Å². The second-order valence-electron chi connectivity index (χ2n) is 16.1. The van der Waals surface area contributed by atoms with E-state index < -0.39 is 48.9 Å². The van der Waals surface area contributed by atoms with Gasteiger partial charge >= 0.3 is 18.4 Å². The van der Waals surface area contributed by atoms with E-state index in [0.717, 1.165) is 40.8 Å². The lowest BCUT2D eigenvalue weighted by Gasteiger charge is -2.42. The second kappa shape index (κ2) is 19.6. The van der Waals surface area contributed by atoms with Gasteiger partial charge in [-0.15, -0.1) is 0 Å². The second-order valence-corrected chi connectivity index (χ2v) is 16.1. The molecule has 4 N–H and O–H groups in total. The molecule has 4 amide bonds. The zero-order valence-electron chi connectivity index (χ0n) is 35.5. The Labute approximate surface area is 358 Å². The fraction of sp³-hybridized carbons (Fsp3) is 0.455. The predicted molar refractivity (Wildman–Crippen MR) is 223 cm³/mol. The Morgan fingerprint density at radius 1 is 0.726 bits per heavy atom. The van der Waals surface area contributed by atoms with Gasteiger partial charge < -0.3 is 39.9 Å². The number of amides is 4. The number of hydrogen-bond donors (Lipinski definition) is 4. The number of alkyl halides is 3. The number of piperazine rings is 1. The maximum Gasteiger partial charge on any atom is 0.407 e. The molecule has 18 heteroatoms. The molecule has 4 aromatic rings. The summed E-state index contributed by atoms with van der Waals surface area (Å²) in [7, 11) is 2.46. The minimum absolute atomic E-state index is 0.000316. The fourth-order valence-electron chi connectivity index (χ4n) is 7.72. The first-order valence-electron chi connectivity index (χ1n) is 20.5. The van der Waals surface area contributed by atoms with Crippen LogP contribution in [-0.4, -0.2) is 124 Å². The third kappa shape index (κ3) is 10.9. The topological polar surface area (TPSA) is 178 Å². The van der Waals surface area contributed by atoms with E-state index in [-0.39, 0.29) is 43.4 Å². The van der Waals surface area contributed by atoms with Crippen LogP contribution in [0.5, 0.6) is 0 Å². The van der Waals surface area contributed by atoms with Crippen molar-refractivity contribution in [3.63, 3.8) is 0 Å². The monoisotopic (exact) mass is 859 g/mol. The molecule has 2 aliphatic heterocycles. The molecule has 62 heavy (non-hydrogen) atoms. The summed E-state index contributed by atoms with van der Waals surface area (Å²) in [6.45, 7) is 6.59. The highest BCUT2D eigenvalue weighted by molar-refractivity contribution is 5.87. The van der Waals surface area contributed by atoms with E-state index in [2.05, 4.69) is 42.4 Å². The lowest BCUT2D eigenvalue weighted by Crippen LogP contribution is -2.58. The van der Waals surface area contributed by atoms with Crippen LogP contribution in [0.2, 0.25) is 0 Å². The molecule has 2 aromatic carbocycles. The van der Waals surface area contributed by atoms with Gasteiger partial charge in [-0.1, -0.05) is 63.8 Å². The number of aromatic amines is 2. The third-order valence-corrected chi connectivity index (χ3v) is 11.0. The van der Waals surface area contributed by atoms with Crippen molar-refractivity contribution >= 4 is 24.0 Å². The number of alkyl carbamates (subject to hydrolysis) is 2. The van der Waals surface area contributed by atoms with Crippen LogP contribution < -0.4 is 10.6 Å². The number of carbonyl (C=O) groups excluding carboxylic acids is 4. The van der Waals surface area contributed by atoms with Crippen molar-refractivity contribution in [2.24, 2.45) is 11.8 Å². The van der Waals surface area contributed by atoms with Gasteiger partial charge in [0.15, 0.2) is 0 Å². The van der Waals surface area contributed by atoms with Gasteiger partial charge in [0.25, 0.3) is 0 Å². The molecule has 4 heterocycles. The molecule has 0 spiro atoms. The first-order chi connectivity index (χ1) is 29.5. The summed E-state index contributed by atoms with van der Waals surface area (Å²) in [6, 6.07) is 12.3. The number of aromatic nitrogens is 4. The van der Waals surface area contributed by atoms with E-state index in [1.165, 1.54) is 24.0 Å². The highest BCUT2D eigenvalue weighted by Gasteiger charge is 2.41. The number of nitrogens with one attached hydrogen (secondary N) is 4. The number of benzene rings is 2. The lowest BCUT2D eigenvalue weighted by atomic mass is 10.0. The maximum atomic E-state index is 13.8. The summed E-state index contributed by atoms with van der Waals surface area (Å²) in [5.41, 5.74) is 4.58. The van der Waals surface area contributed by atoms with E-state index >= 15 is 0 Å². The Bertz CT molecular complexity index is 2260. The Morgan fingerprint density at radius 3 is 1.61 bits per heavy atom. The van der Waals surface area contributed by atoms with Crippen molar-refractivity contribution in [3.05, 3.63) is 83.7 Å². The standard InChI is InChI=1S/C44H52F3N9O6/c1-26(2)36(52-42(59)61-5)40(57)55-19-7-8-34(55)38-48-22-32(50-38)30-15-11-28(12-16-30)9-10-29-13-17-31(18-14-29)33-23-49-39(51-33)35-24-54(25-44(45,46)47)20-21-56(35)41(58)37(27(3)4)53-43(60)62-6/h11-18,22-23,26-27,34-37H,7-8,19-21,24-25H2,1-6H3,(H,48,50)(H,49,51)(H,52,59)(H,53,60)/t34-,35-,36-,37?/m0/s1. The van der Waals surface area contributed by atoms with Gasteiger partial charge in [0, 0.05) is 37.3 Å². The molecule has 2 aliphatic rings. The highest BCUT2D eigenvalue weighted by atomic mass is 19.4. The maximum absolute atomic E-state index is 13.8. The van der Waals surface area contributed by atoms with Crippen molar-refractivity contribution in [1.82, 2.24) is 45.3 Å². The molecule has 330 valence electrons. The van der Waals surface area contributed by atoms with Crippen molar-refractivity contribution in [2.45, 2.75) is 70.9 Å². The van der Waals surface area contributed by atoms with Crippen LogP contribution in [0.3, 0.4) is 0 Å². The first kappa shape index (κ1) is 45.2. The summed E-state index contributed by atoms with van der Waals surface area (Å²) in [5, 5.41) is 5.23. The summed E-state index contributed by atoms with van der Waals surface area (Å²) in [5.74, 6) is 6.28. The molecule has 2 saturated heterocycles. The number of H-pyrrole nitrogens is 2. The van der Waals surface area contributed by atoms with Gasteiger partial charge in [-0.25, -0.2) is 19.6 Å². The van der Waals surface area contributed by atoms with Gasteiger partial charge in [-0.3, -0.25) is 14.5 Å². The third-order valence-electron chi connectivity index (χ3n) is 11.0. The van der Waals surface area contributed by atoms with Crippen molar-refractivity contribution < 1.29 is 41.8 Å². The van der Waals surface area contributed by atoms with Crippen LogP contribution in [-0.2, 0) is 19.1 Å². The van der Waals surface area contributed by atoms with Crippen LogP contribution in [0.15, 0.2) is 60.9 Å². The molecule has 2 fully saturated rings. The number of rotatable bonds is 11. The smallest absolute Gasteiger partial charge is 0.407 e. The molecule has 1 unspecified atom stereocenters. The van der Waals surface area contributed by atoms with E-state index in [1.54, 1.807) is 31.1 Å². The van der Waals surface area contributed by atoms with Crippen LogP contribution in [0.4, 0.5) is 22.8 Å². The normalized spacial score (nSPS) is 17.9. The average Bonchev–Trinajstić information content (AvgIpc) is 4.05. The quantitative estimate of drug-likeness (QED) is 0.131. The molecular weight excluding hydrogens is 808 g/mol. The molecule has 0 bridgehead atoms. The Hall–Kier alpha value is -6.35. The van der Waals surface area contributed by atoms with Gasteiger partial charge in [0.1, 0.15) is 29.8 Å². The zero-order chi connectivity index (χ0) is 44.7. The van der Waals surface area contributed by atoms with E-state index in [9.17, 15) is 32.3 Å². The summed E-state index contributed by atoms with van der Waals surface area (Å²) < 4.78 is 49.7. The van der Waals surface area contributed by atoms with Gasteiger partial charge in [-0.05, 0) is 60.1 Å².